The van der Waals surface area contributed by atoms with Crippen molar-refractivity contribution < 1.29 is 9.13 Å². The molecule has 0 aliphatic carbocycles. The molecule has 1 atom stereocenters. The van der Waals surface area contributed by atoms with E-state index >= 15 is 0 Å². The Bertz CT molecular complexity index is 253. The van der Waals surface area contributed by atoms with E-state index in [1.165, 1.54) is 18.4 Å². The van der Waals surface area contributed by atoms with Gasteiger partial charge in [0.2, 0.25) is 0 Å². The first-order valence-corrected chi connectivity index (χ1v) is 5.53. The molecular weight excluding hydrogens is 201 g/mol. The summed E-state index contributed by atoms with van der Waals surface area (Å²) in [5.74, 6) is 0. The number of nitrogens with two attached hydrogens (primary N) is 1. The Hall–Kier alpha value is -0.450. The second kappa shape index (κ2) is 5.44. The molecule has 0 radical (unpaired) electrons. The van der Waals surface area contributed by atoms with Gasteiger partial charge in [0.1, 0.15) is 0 Å². The van der Waals surface area contributed by atoms with Crippen molar-refractivity contribution in [3.8, 4) is 0 Å². The van der Waals surface area contributed by atoms with Gasteiger partial charge in [-0.2, -0.15) is 0 Å². The van der Waals surface area contributed by atoms with Crippen molar-refractivity contribution >= 4 is 11.3 Å². The maximum absolute atomic E-state index is 14.4. The number of halogens is 1. The van der Waals surface area contributed by atoms with Crippen LogP contribution in [0.25, 0.3) is 0 Å². The van der Waals surface area contributed by atoms with Gasteiger partial charge in [-0.05, 0) is 30.8 Å². The average molecular weight is 217 g/mol. The molecule has 0 aliphatic rings. The van der Waals surface area contributed by atoms with Gasteiger partial charge in [-0.1, -0.05) is 6.07 Å². The average Bonchev–Trinajstić information content (AvgIpc) is 2.68. The van der Waals surface area contributed by atoms with E-state index in [-0.39, 0.29) is 6.61 Å². The number of alkyl halides is 1. The number of ether oxygens (including phenoxy) is 1. The highest BCUT2D eigenvalue weighted by molar-refractivity contribution is 7.10. The van der Waals surface area contributed by atoms with Crippen LogP contribution >= 0.6 is 11.3 Å². The zero-order chi connectivity index (χ0) is 10.4. The molecule has 2 N–H and O–H groups in total. The van der Waals surface area contributed by atoms with E-state index < -0.39 is 5.67 Å². The minimum absolute atomic E-state index is 0.105. The number of methoxy groups -OCH3 is 1. The van der Waals surface area contributed by atoms with Crippen LogP contribution < -0.4 is 5.73 Å². The largest absolute Gasteiger partial charge is 0.381 e. The Labute approximate surface area is 87.9 Å². The molecule has 0 aliphatic heterocycles. The molecule has 1 unspecified atom stereocenters. The first kappa shape index (κ1) is 11.6. The number of rotatable bonds is 6. The molecule has 1 heterocycles. The van der Waals surface area contributed by atoms with Gasteiger partial charge in [0, 0.05) is 12.0 Å². The molecule has 2 nitrogen and oxygen atoms in total. The fraction of sp³-hybridized carbons (Fsp3) is 0.600. The van der Waals surface area contributed by atoms with Gasteiger partial charge in [0.25, 0.3) is 0 Å². The second-order valence-corrected chi connectivity index (χ2v) is 4.22. The Morgan fingerprint density at radius 2 is 2.43 bits per heavy atom. The summed E-state index contributed by atoms with van der Waals surface area (Å²) in [6.45, 7) is 0.619. The van der Waals surface area contributed by atoms with Crippen LogP contribution in [0.1, 0.15) is 17.7 Å². The molecule has 4 heteroatoms. The molecule has 0 saturated carbocycles. The van der Waals surface area contributed by atoms with E-state index in [0.717, 1.165) is 4.88 Å². The lowest BCUT2D eigenvalue weighted by Crippen LogP contribution is -2.26. The number of hydrogen-bond donors (Lipinski definition) is 1. The molecule has 0 spiro atoms. The van der Waals surface area contributed by atoms with Crippen LogP contribution in [0.15, 0.2) is 17.5 Å². The van der Waals surface area contributed by atoms with Gasteiger partial charge in [-0.3, -0.25) is 0 Å². The zero-order valence-corrected chi connectivity index (χ0v) is 9.15. The molecule has 0 aromatic carbocycles. The van der Waals surface area contributed by atoms with Crippen LogP contribution in [-0.2, 0) is 10.4 Å². The SMILES string of the molecule is COCC(F)(CCCN)c1cccs1. The number of thiophene rings is 1. The maximum Gasteiger partial charge on any atom is 0.168 e. The lowest BCUT2D eigenvalue weighted by atomic mass is 9.99. The van der Waals surface area contributed by atoms with Gasteiger partial charge in [-0.25, -0.2) is 4.39 Å². The highest BCUT2D eigenvalue weighted by Gasteiger charge is 2.32. The topological polar surface area (TPSA) is 35.2 Å². The van der Waals surface area contributed by atoms with Gasteiger partial charge < -0.3 is 10.5 Å². The summed E-state index contributed by atoms with van der Waals surface area (Å²) in [5, 5.41) is 1.88. The summed E-state index contributed by atoms with van der Waals surface area (Å²) in [6.07, 6.45) is 1.11. The standard InChI is InChI=1S/C10H16FNOS/c1-13-8-10(11,5-3-6-12)9-4-2-7-14-9/h2,4,7H,3,5-6,8,12H2,1H3. The van der Waals surface area contributed by atoms with Crippen molar-refractivity contribution in [1.82, 2.24) is 0 Å². The van der Waals surface area contributed by atoms with Crippen LogP contribution in [0.4, 0.5) is 4.39 Å². The summed E-state index contributed by atoms with van der Waals surface area (Å²) in [6, 6.07) is 3.66. The molecule has 0 bridgehead atoms. The molecule has 1 aromatic rings. The molecule has 1 aromatic heterocycles. The predicted molar refractivity (Wildman–Crippen MR) is 57.3 cm³/mol. The third-order valence-electron chi connectivity index (χ3n) is 2.11. The number of hydrogen-bond acceptors (Lipinski definition) is 3. The van der Waals surface area contributed by atoms with Gasteiger partial charge in [-0.15, -0.1) is 11.3 Å². The first-order chi connectivity index (χ1) is 6.73. The normalized spacial score (nSPS) is 15.4. The van der Waals surface area contributed by atoms with Gasteiger partial charge >= 0.3 is 0 Å². The van der Waals surface area contributed by atoms with Crippen LogP contribution in [-0.4, -0.2) is 20.3 Å². The lowest BCUT2D eigenvalue weighted by molar-refractivity contribution is 0.0331. The quantitative estimate of drug-likeness (QED) is 0.793. The summed E-state index contributed by atoms with van der Waals surface area (Å²) in [7, 11) is 1.52. The van der Waals surface area contributed by atoms with Gasteiger partial charge in [0.05, 0.1) is 6.61 Å². The third-order valence-corrected chi connectivity index (χ3v) is 3.16. The monoisotopic (exact) mass is 217 g/mol. The van der Waals surface area contributed by atoms with Crippen LogP contribution in [0, 0.1) is 0 Å². The Kier molecular flexibility index (Phi) is 4.51. The van der Waals surface area contributed by atoms with Crippen molar-refractivity contribution in [3.05, 3.63) is 22.4 Å². The minimum atomic E-state index is -1.36. The zero-order valence-electron chi connectivity index (χ0n) is 8.33. The predicted octanol–water partition coefficient (Wildman–Crippen LogP) is 2.30. The fourth-order valence-electron chi connectivity index (χ4n) is 1.41. The summed E-state index contributed by atoms with van der Waals surface area (Å²) in [4.78, 5) is 0.729. The smallest absolute Gasteiger partial charge is 0.168 e. The van der Waals surface area contributed by atoms with Crippen LogP contribution in [0.2, 0.25) is 0 Å². The van der Waals surface area contributed by atoms with E-state index in [4.69, 9.17) is 10.5 Å². The second-order valence-electron chi connectivity index (χ2n) is 3.27. The molecule has 0 saturated heterocycles. The van der Waals surface area contributed by atoms with E-state index in [0.29, 0.717) is 19.4 Å². The molecule has 1 rings (SSSR count). The summed E-state index contributed by atoms with van der Waals surface area (Å²) >= 11 is 1.42. The van der Waals surface area contributed by atoms with E-state index in [9.17, 15) is 4.39 Å². The molecule has 0 amide bonds. The summed E-state index contributed by atoms with van der Waals surface area (Å²) in [5.41, 5.74) is 4.02. The fourth-order valence-corrected chi connectivity index (χ4v) is 2.24. The van der Waals surface area contributed by atoms with E-state index in [2.05, 4.69) is 0 Å². The minimum Gasteiger partial charge on any atom is -0.381 e. The van der Waals surface area contributed by atoms with Crippen LogP contribution in [0.5, 0.6) is 0 Å². The van der Waals surface area contributed by atoms with Crippen molar-refractivity contribution in [2.75, 3.05) is 20.3 Å². The Morgan fingerprint density at radius 3 is 2.93 bits per heavy atom. The molecular formula is C10H16FNOS. The maximum atomic E-state index is 14.4. The van der Waals surface area contributed by atoms with Crippen LogP contribution in [0.3, 0.4) is 0 Å². The Balaban J connectivity index is 2.70. The van der Waals surface area contributed by atoms with Crippen molar-refractivity contribution in [2.45, 2.75) is 18.5 Å². The highest BCUT2D eigenvalue weighted by Crippen LogP contribution is 2.34. The summed E-state index contributed by atoms with van der Waals surface area (Å²) < 4.78 is 19.3. The third kappa shape index (κ3) is 2.77. The highest BCUT2D eigenvalue weighted by atomic mass is 32.1. The lowest BCUT2D eigenvalue weighted by Gasteiger charge is -2.22. The van der Waals surface area contributed by atoms with Crippen molar-refractivity contribution in [1.29, 1.82) is 0 Å². The molecule has 14 heavy (non-hydrogen) atoms. The molecule has 80 valence electrons. The molecule has 0 fully saturated rings. The van der Waals surface area contributed by atoms with Crippen molar-refractivity contribution in [2.24, 2.45) is 5.73 Å². The van der Waals surface area contributed by atoms with E-state index in [1.54, 1.807) is 6.07 Å². The first-order valence-electron chi connectivity index (χ1n) is 4.65. The Morgan fingerprint density at radius 1 is 1.64 bits per heavy atom. The van der Waals surface area contributed by atoms with E-state index in [1.807, 2.05) is 11.4 Å². The van der Waals surface area contributed by atoms with Crippen molar-refractivity contribution in [3.63, 3.8) is 0 Å². The van der Waals surface area contributed by atoms with Gasteiger partial charge in [0.15, 0.2) is 5.67 Å².